The molecule has 8 heteroatoms. The molecule has 1 aromatic carbocycles. The van der Waals surface area contributed by atoms with Crippen molar-refractivity contribution in [2.24, 2.45) is 5.16 Å². The quantitative estimate of drug-likeness (QED) is 0.232. The molecule has 1 heterocycles. The van der Waals surface area contributed by atoms with Gasteiger partial charge in [-0.25, -0.2) is 4.79 Å². The number of fused-ring (bicyclic) bond motifs is 1. The number of alkyl halides is 1. The summed E-state index contributed by atoms with van der Waals surface area (Å²) in [6.45, 7) is 4.57. The van der Waals surface area contributed by atoms with Crippen LogP contribution in [0.4, 0.5) is 5.69 Å². The molecule has 2 rings (SSSR count). The number of rotatable bonds is 8. The minimum absolute atomic E-state index is 0.285. The largest absolute Gasteiger partial charge is 0.370 e. The van der Waals surface area contributed by atoms with Gasteiger partial charge in [-0.1, -0.05) is 11.2 Å². The first-order chi connectivity index (χ1) is 11.9. The first-order valence-electron chi connectivity index (χ1n) is 8.23. The minimum atomic E-state index is -0.662. The third-order valence-corrected chi connectivity index (χ3v) is 4.34. The minimum Gasteiger partial charge on any atom is -0.370 e. The Morgan fingerprint density at radius 3 is 2.96 bits per heavy atom. The zero-order chi connectivity index (χ0) is 18.4. The Kier molecular flexibility index (Phi) is 6.75. The Labute approximate surface area is 151 Å². The highest BCUT2D eigenvalue weighted by Crippen LogP contribution is 2.33. The molecule has 0 spiro atoms. The Morgan fingerprint density at radius 2 is 2.32 bits per heavy atom. The lowest BCUT2D eigenvalue weighted by atomic mass is 9.99. The lowest BCUT2D eigenvalue weighted by molar-refractivity contribution is -0.517. The van der Waals surface area contributed by atoms with Crippen LogP contribution in [0, 0.1) is 10.1 Å². The number of nitrogens with zero attached hydrogens (tertiary/aromatic N) is 3. The summed E-state index contributed by atoms with van der Waals surface area (Å²) in [5.74, 6) is 0.0891. The number of anilines is 1. The number of benzene rings is 1. The number of carbonyl (C=O) groups excluding carboxylic acids is 1. The Morgan fingerprint density at radius 1 is 1.56 bits per heavy atom. The highest BCUT2D eigenvalue weighted by Gasteiger charge is 2.24. The van der Waals surface area contributed by atoms with E-state index < -0.39 is 12.0 Å². The van der Waals surface area contributed by atoms with E-state index in [0.29, 0.717) is 12.3 Å². The monoisotopic (exact) mass is 367 g/mol. The highest BCUT2D eigenvalue weighted by molar-refractivity contribution is 6.17. The average Bonchev–Trinajstić information content (AvgIpc) is 2.95. The fourth-order valence-corrected chi connectivity index (χ4v) is 3.11. The van der Waals surface area contributed by atoms with Crippen molar-refractivity contribution in [3.05, 3.63) is 38.9 Å². The normalized spacial score (nSPS) is 14.6. The van der Waals surface area contributed by atoms with Gasteiger partial charge in [0.1, 0.15) is 0 Å². The summed E-state index contributed by atoms with van der Waals surface area (Å²) in [6.07, 6.45) is 3.57. The summed E-state index contributed by atoms with van der Waals surface area (Å²) >= 11 is 5.80. The van der Waals surface area contributed by atoms with Crippen molar-refractivity contribution >= 4 is 29.5 Å². The summed E-state index contributed by atoms with van der Waals surface area (Å²) < 4.78 is 0. The molecule has 0 saturated carbocycles. The standard InChI is InChI=1S/C17H22ClN3O4/c1-12(21(23)24)8-14-9-15-4-7-20(6-3-5-18)17(15)16(10-14)11-19-25-13(2)22/h9-12H,3-8H2,1-2H3. The molecule has 0 amide bonds. The van der Waals surface area contributed by atoms with Crippen molar-refractivity contribution in [1.29, 1.82) is 0 Å². The molecule has 0 saturated heterocycles. The smallest absolute Gasteiger partial charge is 0.331 e. The van der Waals surface area contributed by atoms with Crippen molar-refractivity contribution in [2.75, 3.05) is 23.9 Å². The number of halogens is 1. The van der Waals surface area contributed by atoms with Gasteiger partial charge in [0.15, 0.2) is 0 Å². The third-order valence-electron chi connectivity index (χ3n) is 4.07. The molecule has 136 valence electrons. The highest BCUT2D eigenvalue weighted by atomic mass is 35.5. The first-order valence-corrected chi connectivity index (χ1v) is 8.77. The molecule has 0 aromatic heterocycles. The van der Waals surface area contributed by atoms with Crippen LogP contribution >= 0.6 is 11.6 Å². The zero-order valence-electron chi connectivity index (χ0n) is 14.4. The van der Waals surface area contributed by atoms with Crippen LogP contribution in [0.1, 0.15) is 37.0 Å². The predicted octanol–water partition coefficient (Wildman–Crippen LogP) is 2.78. The molecule has 7 nitrogen and oxygen atoms in total. The van der Waals surface area contributed by atoms with E-state index in [-0.39, 0.29) is 4.92 Å². The topological polar surface area (TPSA) is 85.0 Å². The average molecular weight is 368 g/mol. The molecular formula is C17H22ClN3O4. The van der Waals surface area contributed by atoms with Gasteiger partial charge in [0, 0.05) is 55.4 Å². The van der Waals surface area contributed by atoms with E-state index in [9.17, 15) is 14.9 Å². The molecule has 0 N–H and O–H groups in total. The predicted molar refractivity (Wildman–Crippen MR) is 97.2 cm³/mol. The molecule has 25 heavy (non-hydrogen) atoms. The van der Waals surface area contributed by atoms with Crippen LogP contribution in [0.25, 0.3) is 0 Å². The van der Waals surface area contributed by atoms with E-state index >= 15 is 0 Å². The molecule has 1 unspecified atom stereocenters. The van der Waals surface area contributed by atoms with E-state index in [2.05, 4.69) is 14.9 Å². The Bertz CT molecular complexity index is 678. The lowest BCUT2D eigenvalue weighted by Crippen LogP contribution is -2.23. The van der Waals surface area contributed by atoms with Gasteiger partial charge in [-0.05, 0) is 30.0 Å². The zero-order valence-corrected chi connectivity index (χ0v) is 15.2. The van der Waals surface area contributed by atoms with Crippen molar-refractivity contribution in [3.8, 4) is 0 Å². The molecule has 1 aromatic rings. The number of nitro groups is 1. The van der Waals surface area contributed by atoms with Crippen molar-refractivity contribution < 1.29 is 14.6 Å². The molecule has 1 aliphatic heterocycles. The van der Waals surface area contributed by atoms with Gasteiger partial charge in [0.05, 0.1) is 6.21 Å². The van der Waals surface area contributed by atoms with Crippen LogP contribution in [0.5, 0.6) is 0 Å². The third kappa shape index (κ3) is 5.16. The second-order valence-electron chi connectivity index (χ2n) is 6.13. The summed E-state index contributed by atoms with van der Waals surface area (Å²) in [5.41, 5.74) is 3.85. The van der Waals surface area contributed by atoms with Crippen molar-refractivity contribution in [2.45, 2.75) is 39.2 Å². The molecule has 0 radical (unpaired) electrons. The summed E-state index contributed by atoms with van der Waals surface area (Å²) in [6, 6.07) is 3.24. The fraction of sp³-hybridized carbons (Fsp3) is 0.529. The molecular weight excluding hydrogens is 346 g/mol. The molecule has 0 aliphatic carbocycles. The number of oxime groups is 1. The maximum Gasteiger partial charge on any atom is 0.331 e. The van der Waals surface area contributed by atoms with Gasteiger partial charge in [-0.3, -0.25) is 10.1 Å². The number of hydrogen-bond donors (Lipinski definition) is 0. The molecule has 1 aliphatic rings. The maximum absolute atomic E-state index is 10.9. The number of carbonyl (C=O) groups is 1. The van der Waals surface area contributed by atoms with E-state index in [4.69, 9.17) is 11.6 Å². The van der Waals surface area contributed by atoms with Crippen LogP contribution in [0.15, 0.2) is 17.3 Å². The van der Waals surface area contributed by atoms with Crippen molar-refractivity contribution in [1.82, 2.24) is 0 Å². The van der Waals surface area contributed by atoms with Gasteiger partial charge in [-0.15, -0.1) is 11.6 Å². The van der Waals surface area contributed by atoms with Gasteiger partial charge < -0.3 is 9.74 Å². The summed E-state index contributed by atoms with van der Waals surface area (Å²) in [7, 11) is 0. The van der Waals surface area contributed by atoms with Crippen LogP contribution in [-0.4, -0.2) is 42.1 Å². The van der Waals surface area contributed by atoms with Crippen molar-refractivity contribution in [3.63, 3.8) is 0 Å². The molecule has 0 bridgehead atoms. The summed E-state index contributed by atoms with van der Waals surface area (Å²) in [4.78, 5) is 28.5. The lowest BCUT2D eigenvalue weighted by Gasteiger charge is -2.21. The van der Waals surface area contributed by atoms with E-state index in [1.807, 2.05) is 12.1 Å². The van der Waals surface area contributed by atoms with Gasteiger partial charge in [-0.2, -0.15) is 0 Å². The van der Waals surface area contributed by atoms with Crippen LogP contribution in [-0.2, 0) is 22.5 Å². The Balaban J connectivity index is 2.33. The molecule has 1 atom stereocenters. The van der Waals surface area contributed by atoms with Crippen LogP contribution in [0.3, 0.4) is 0 Å². The SMILES string of the molecule is CC(=O)ON=Cc1cc(CC(C)[N+](=O)[O-])cc2c1N(CCCCl)CC2. The van der Waals surface area contributed by atoms with E-state index in [0.717, 1.165) is 48.3 Å². The second-order valence-corrected chi connectivity index (χ2v) is 6.51. The van der Waals surface area contributed by atoms with Gasteiger partial charge in [0.2, 0.25) is 6.04 Å². The van der Waals surface area contributed by atoms with E-state index in [1.54, 1.807) is 6.92 Å². The van der Waals surface area contributed by atoms with Crippen LogP contribution < -0.4 is 4.90 Å². The van der Waals surface area contributed by atoms with Gasteiger partial charge >= 0.3 is 5.97 Å². The van der Waals surface area contributed by atoms with Gasteiger partial charge in [0.25, 0.3) is 0 Å². The first kappa shape index (κ1) is 19.2. The van der Waals surface area contributed by atoms with E-state index in [1.165, 1.54) is 13.1 Å². The molecule has 0 fully saturated rings. The fourth-order valence-electron chi connectivity index (χ4n) is 2.99. The second kappa shape index (κ2) is 8.80. The summed E-state index contributed by atoms with van der Waals surface area (Å²) in [5, 5.41) is 14.7. The number of hydrogen-bond acceptors (Lipinski definition) is 6. The maximum atomic E-state index is 10.9. The van der Waals surface area contributed by atoms with Crippen LogP contribution in [0.2, 0.25) is 0 Å². The Hall–Kier alpha value is -2.15.